The summed E-state index contributed by atoms with van der Waals surface area (Å²) in [6, 6.07) is 0.197. The minimum atomic E-state index is -0.0752. The third kappa shape index (κ3) is 3.30. The van der Waals surface area contributed by atoms with Crippen LogP contribution in [0, 0.1) is 0 Å². The minimum Gasteiger partial charge on any atom is -0.374 e. The van der Waals surface area contributed by atoms with Gasteiger partial charge in [0, 0.05) is 6.61 Å². The van der Waals surface area contributed by atoms with Gasteiger partial charge in [0.05, 0.1) is 11.6 Å². The van der Waals surface area contributed by atoms with Crippen molar-refractivity contribution < 1.29 is 4.74 Å². The van der Waals surface area contributed by atoms with Crippen LogP contribution in [-0.2, 0) is 4.74 Å². The van der Waals surface area contributed by atoms with Gasteiger partial charge in [-0.25, -0.2) is 0 Å². The first-order valence-corrected chi connectivity index (χ1v) is 6.50. The normalized spacial score (nSPS) is 22.4. The molecule has 0 bridgehead atoms. The molecule has 1 saturated carbocycles. The van der Waals surface area contributed by atoms with Crippen molar-refractivity contribution in [2.24, 2.45) is 5.84 Å². The molecule has 1 fully saturated rings. The average Bonchev–Trinajstić information content (AvgIpc) is 2.53. The van der Waals surface area contributed by atoms with Crippen LogP contribution < -0.4 is 11.3 Å². The Kier molecular flexibility index (Phi) is 6.03. The van der Waals surface area contributed by atoms with Crippen molar-refractivity contribution in [3.8, 4) is 0 Å². The number of hydrazine groups is 1. The van der Waals surface area contributed by atoms with Gasteiger partial charge in [0.2, 0.25) is 0 Å². The van der Waals surface area contributed by atoms with E-state index >= 15 is 0 Å². The van der Waals surface area contributed by atoms with E-state index in [2.05, 4.69) is 18.9 Å². The van der Waals surface area contributed by atoms with Crippen LogP contribution in [0.2, 0.25) is 0 Å². The van der Waals surface area contributed by atoms with E-state index in [4.69, 9.17) is 10.6 Å². The van der Waals surface area contributed by atoms with Gasteiger partial charge in [0.25, 0.3) is 0 Å². The highest BCUT2D eigenvalue weighted by Crippen LogP contribution is 2.34. The van der Waals surface area contributed by atoms with Gasteiger partial charge in [-0.15, -0.1) is 6.58 Å². The van der Waals surface area contributed by atoms with Gasteiger partial charge < -0.3 is 4.74 Å². The lowest BCUT2D eigenvalue weighted by Gasteiger charge is -2.39. The number of hydrogen-bond donors (Lipinski definition) is 2. The molecule has 0 radical (unpaired) electrons. The summed E-state index contributed by atoms with van der Waals surface area (Å²) in [5.41, 5.74) is 2.85. The number of ether oxygens (including phenoxy) is 1. The Balaban J connectivity index is 2.77. The van der Waals surface area contributed by atoms with Gasteiger partial charge in [-0.05, 0) is 26.2 Å². The second kappa shape index (κ2) is 7.05. The lowest BCUT2D eigenvalue weighted by molar-refractivity contribution is -0.0762. The molecular formula is C13H26N2O. The topological polar surface area (TPSA) is 47.3 Å². The summed E-state index contributed by atoms with van der Waals surface area (Å²) >= 11 is 0. The fraction of sp³-hybridized carbons (Fsp3) is 0.846. The Bertz CT molecular complexity index is 198. The van der Waals surface area contributed by atoms with Crippen LogP contribution in [0.4, 0.5) is 0 Å². The standard InChI is InChI=1S/C13H26N2O/c1-3-9-12(15-14)13(16-4-2)10-7-5-6-8-11-13/h3,12,15H,1,4-11,14H2,2H3. The number of nitrogens with two attached hydrogens (primary N) is 1. The fourth-order valence-corrected chi connectivity index (χ4v) is 2.81. The molecule has 0 aromatic carbocycles. The van der Waals surface area contributed by atoms with E-state index in [-0.39, 0.29) is 11.6 Å². The van der Waals surface area contributed by atoms with Crippen LogP contribution in [-0.4, -0.2) is 18.2 Å². The lowest BCUT2D eigenvalue weighted by atomic mass is 9.84. The Hall–Kier alpha value is -0.380. The molecule has 0 aliphatic heterocycles. The Morgan fingerprint density at radius 3 is 2.44 bits per heavy atom. The van der Waals surface area contributed by atoms with E-state index in [1.54, 1.807) is 0 Å². The zero-order chi connectivity index (χ0) is 11.9. The van der Waals surface area contributed by atoms with Crippen LogP contribution in [0.25, 0.3) is 0 Å². The zero-order valence-electron chi connectivity index (χ0n) is 10.5. The molecule has 1 atom stereocenters. The van der Waals surface area contributed by atoms with Crippen molar-refractivity contribution in [1.82, 2.24) is 5.43 Å². The SMILES string of the molecule is C=CCC(NN)C1(OCC)CCCCCC1. The van der Waals surface area contributed by atoms with Crippen molar-refractivity contribution in [3.05, 3.63) is 12.7 Å². The number of hydrogen-bond acceptors (Lipinski definition) is 3. The highest BCUT2D eigenvalue weighted by Gasteiger charge is 2.38. The van der Waals surface area contributed by atoms with Crippen LogP contribution >= 0.6 is 0 Å². The molecular weight excluding hydrogens is 200 g/mol. The van der Waals surface area contributed by atoms with Crippen LogP contribution in [0.3, 0.4) is 0 Å². The van der Waals surface area contributed by atoms with Gasteiger partial charge in [-0.3, -0.25) is 11.3 Å². The molecule has 1 aliphatic rings. The molecule has 94 valence electrons. The summed E-state index contributed by atoms with van der Waals surface area (Å²) in [7, 11) is 0. The number of rotatable bonds is 6. The largest absolute Gasteiger partial charge is 0.374 e. The maximum absolute atomic E-state index is 6.07. The van der Waals surface area contributed by atoms with Gasteiger partial charge in [-0.1, -0.05) is 31.8 Å². The Morgan fingerprint density at radius 1 is 1.38 bits per heavy atom. The van der Waals surface area contributed by atoms with E-state index in [0.717, 1.165) is 25.9 Å². The van der Waals surface area contributed by atoms with Crippen molar-refractivity contribution >= 4 is 0 Å². The van der Waals surface area contributed by atoms with E-state index in [0.29, 0.717) is 0 Å². The molecule has 0 saturated heterocycles. The molecule has 3 heteroatoms. The van der Waals surface area contributed by atoms with E-state index < -0.39 is 0 Å². The van der Waals surface area contributed by atoms with Crippen LogP contribution in [0.15, 0.2) is 12.7 Å². The Morgan fingerprint density at radius 2 is 2.00 bits per heavy atom. The van der Waals surface area contributed by atoms with Crippen molar-refractivity contribution in [1.29, 1.82) is 0 Å². The highest BCUT2D eigenvalue weighted by molar-refractivity contribution is 4.96. The maximum atomic E-state index is 6.07. The molecule has 0 amide bonds. The van der Waals surface area contributed by atoms with Crippen LogP contribution in [0.1, 0.15) is 51.9 Å². The fourth-order valence-electron chi connectivity index (χ4n) is 2.81. The Labute approximate surface area is 99.4 Å². The summed E-state index contributed by atoms with van der Waals surface area (Å²) in [6.45, 7) is 6.63. The summed E-state index contributed by atoms with van der Waals surface area (Å²) in [5.74, 6) is 5.68. The molecule has 3 N–H and O–H groups in total. The molecule has 3 nitrogen and oxygen atoms in total. The molecule has 0 aromatic rings. The summed E-state index contributed by atoms with van der Waals surface area (Å²) in [6.07, 6.45) is 10.2. The molecule has 0 aromatic heterocycles. The van der Waals surface area contributed by atoms with Crippen molar-refractivity contribution in [2.75, 3.05) is 6.61 Å². The predicted molar refractivity (Wildman–Crippen MR) is 68.0 cm³/mol. The molecule has 1 rings (SSSR count). The molecule has 1 unspecified atom stereocenters. The van der Waals surface area contributed by atoms with Crippen molar-refractivity contribution in [3.63, 3.8) is 0 Å². The van der Waals surface area contributed by atoms with Gasteiger partial charge in [0.15, 0.2) is 0 Å². The summed E-state index contributed by atoms with van der Waals surface area (Å²) in [4.78, 5) is 0. The van der Waals surface area contributed by atoms with Crippen LogP contribution in [0.5, 0.6) is 0 Å². The predicted octanol–water partition coefficient (Wildman–Crippen LogP) is 2.52. The molecule has 1 aliphatic carbocycles. The van der Waals surface area contributed by atoms with E-state index in [1.165, 1.54) is 25.7 Å². The maximum Gasteiger partial charge on any atom is 0.0851 e. The average molecular weight is 226 g/mol. The number of nitrogens with one attached hydrogen (secondary N) is 1. The molecule has 16 heavy (non-hydrogen) atoms. The molecule has 0 heterocycles. The van der Waals surface area contributed by atoms with Gasteiger partial charge >= 0.3 is 0 Å². The molecule has 0 spiro atoms. The summed E-state index contributed by atoms with van der Waals surface area (Å²) < 4.78 is 6.07. The first kappa shape index (κ1) is 13.7. The first-order valence-electron chi connectivity index (χ1n) is 6.50. The van der Waals surface area contributed by atoms with Crippen molar-refractivity contribution in [2.45, 2.75) is 63.5 Å². The highest BCUT2D eigenvalue weighted by atomic mass is 16.5. The van der Waals surface area contributed by atoms with E-state index in [9.17, 15) is 0 Å². The summed E-state index contributed by atoms with van der Waals surface area (Å²) in [5, 5.41) is 0. The second-order valence-corrected chi connectivity index (χ2v) is 4.66. The van der Waals surface area contributed by atoms with E-state index in [1.807, 2.05) is 6.08 Å². The smallest absolute Gasteiger partial charge is 0.0851 e. The van der Waals surface area contributed by atoms with Gasteiger partial charge in [0.1, 0.15) is 0 Å². The third-order valence-electron chi connectivity index (χ3n) is 3.62. The third-order valence-corrected chi connectivity index (χ3v) is 3.62. The monoisotopic (exact) mass is 226 g/mol. The first-order chi connectivity index (χ1) is 7.79. The second-order valence-electron chi connectivity index (χ2n) is 4.66. The van der Waals surface area contributed by atoms with Gasteiger partial charge in [-0.2, -0.15) is 0 Å². The quantitative estimate of drug-likeness (QED) is 0.317. The zero-order valence-corrected chi connectivity index (χ0v) is 10.5. The minimum absolute atomic E-state index is 0.0752. The lowest BCUT2D eigenvalue weighted by Crippen LogP contribution is -2.54.